The van der Waals surface area contributed by atoms with Gasteiger partial charge in [-0.1, -0.05) is 67.7 Å². The minimum Gasteiger partial charge on any atom is -0.0651 e. The lowest BCUT2D eigenvalue weighted by atomic mass is 9.64. The molecule has 0 amide bonds. The van der Waals surface area contributed by atoms with Crippen LogP contribution in [0.15, 0.2) is 0 Å². The normalized spacial score (nSPS) is 17.1. The van der Waals surface area contributed by atoms with Gasteiger partial charge in [0, 0.05) is 0 Å². The largest absolute Gasteiger partial charge is 0.0651 e. The van der Waals surface area contributed by atoms with Gasteiger partial charge in [0.2, 0.25) is 0 Å². The molecule has 0 saturated carbocycles. The van der Waals surface area contributed by atoms with E-state index in [1.165, 1.54) is 19.3 Å². The molecular formula is C14H30. The molecule has 0 fully saturated rings. The summed E-state index contributed by atoms with van der Waals surface area (Å²) in [5.41, 5.74) is 0.554. The third-order valence-corrected chi connectivity index (χ3v) is 4.64. The molecular weight excluding hydrogens is 168 g/mol. The van der Waals surface area contributed by atoms with Crippen molar-refractivity contribution in [3.8, 4) is 0 Å². The van der Waals surface area contributed by atoms with Gasteiger partial charge in [-0.3, -0.25) is 0 Å². The van der Waals surface area contributed by atoms with E-state index in [0.29, 0.717) is 5.41 Å². The summed E-state index contributed by atoms with van der Waals surface area (Å²) in [7, 11) is 0. The predicted molar refractivity (Wildman–Crippen MR) is 66.5 cm³/mol. The zero-order valence-electron chi connectivity index (χ0n) is 11.4. The van der Waals surface area contributed by atoms with E-state index in [0.717, 1.165) is 17.8 Å². The monoisotopic (exact) mass is 198 g/mol. The third kappa shape index (κ3) is 3.00. The van der Waals surface area contributed by atoms with Crippen molar-refractivity contribution < 1.29 is 0 Å². The summed E-state index contributed by atoms with van der Waals surface area (Å²) in [5, 5.41) is 0. The van der Waals surface area contributed by atoms with Crippen molar-refractivity contribution in [2.24, 2.45) is 23.2 Å². The average Bonchev–Trinajstić information content (AvgIpc) is 2.18. The van der Waals surface area contributed by atoms with Crippen LogP contribution in [0.3, 0.4) is 0 Å². The second kappa shape index (κ2) is 5.78. The first-order valence-corrected chi connectivity index (χ1v) is 6.42. The Morgan fingerprint density at radius 3 is 1.57 bits per heavy atom. The lowest BCUT2D eigenvalue weighted by Gasteiger charge is -2.41. The van der Waals surface area contributed by atoms with Gasteiger partial charge in [-0.05, 0) is 23.2 Å². The van der Waals surface area contributed by atoms with E-state index in [9.17, 15) is 0 Å². The summed E-state index contributed by atoms with van der Waals surface area (Å²) in [6.45, 7) is 16.7. The van der Waals surface area contributed by atoms with E-state index in [1.54, 1.807) is 0 Å². The Morgan fingerprint density at radius 1 is 0.929 bits per heavy atom. The maximum absolute atomic E-state index is 2.47. The summed E-state index contributed by atoms with van der Waals surface area (Å²) >= 11 is 0. The summed E-state index contributed by atoms with van der Waals surface area (Å²) in [4.78, 5) is 0. The van der Waals surface area contributed by atoms with Crippen molar-refractivity contribution in [1.82, 2.24) is 0 Å². The highest BCUT2D eigenvalue weighted by Gasteiger charge is 2.34. The van der Waals surface area contributed by atoms with Crippen LogP contribution < -0.4 is 0 Å². The molecule has 0 aliphatic rings. The average molecular weight is 198 g/mol. The Labute approximate surface area is 91.5 Å². The van der Waals surface area contributed by atoms with E-state index in [1.807, 2.05) is 0 Å². The lowest BCUT2D eigenvalue weighted by Crippen LogP contribution is -2.32. The highest BCUT2D eigenvalue weighted by Crippen LogP contribution is 2.43. The van der Waals surface area contributed by atoms with Gasteiger partial charge in [0.1, 0.15) is 0 Å². The zero-order valence-corrected chi connectivity index (χ0v) is 11.4. The van der Waals surface area contributed by atoms with Crippen LogP contribution in [0.25, 0.3) is 0 Å². The molecule has 0 rings (SSSR count). The second-order valence-corrected chi connectivity index (χ2v) is 5.48. The molecule has 0 bridgehead atoms. The van der Waals surface area contributed by atoms with Crippen LogP contribution in [0, 0.1) is 23.2 Å². The second-order valence-electron chi connectivity index (χ2n) is 5.48. The van der Waals surface area contributed by atoms with Crippen LogP contribution >= 0.6 is 0 Å². The fourth-order valence-corrected chi connectivity index (χ4v) is 2.74. The molecule has 0 aliphatic carbocycles. The summed E-state index contributed by atoms with van der Waals surface area (Å²) < 4.78 is 0. The Bertz CT molecular complexity index is 142. The van der Waals surface area contributed by atoms with E-state index >= 15 is 0 Å². The molecule has 0 heterocycles. The molecule has 0 aliphatic heterocycles. The molecule has 2 atom stereocenters. The van der Waals surface area contributed by atoms with Gasteiger partial charge in [-0.25, -0.2) is 0 Å². The number of hydrogen-bond donors (Lipinski definition) is 0. The lowest BCUT2D eigenvalue weighted by molar-refractivity contribution is 0.0860. The Hall–Kier alpha value is 0. The summed E-state index contributed by atoms with van der Waals surface area (Å²) in [6.07, 6.45) is 3.97. The van der Waals surface area contributed by atoms with Gasteiger partial charge in [0.15, 0.2) is 0 Å². The van der Waals surface area contributed by atoms with Gasteiger partial charge < -0.3 is 0 Å². The van der Waals surface area contributed by atoms with Gasteiger partial charge in [0.25, 0.3) is 0 Å². The van der Waals surface area contributed by atoms with Crippen LogP contribution in [0.1, 0.15) is 67.7 Å². The van der Waals surface area contributed by atoms with Gasteiger partial charge in [0.05, 0.1) is 0 Å². The summed E-state index contributed by atoms with van der Waals surface area (Å²) in [6, 6.07) is 0. The smallest absolute Gasteiger partial charge is 0.0300 e. The molecule has 0 nitrogen and oxygen atoms in total. The molecule has 86 valence electrons. The first-order chi connectivity index (χ1) is 6.42. The topological polar surface area (TPSA) is 0 Å². The highest BCUT2D eigenvalue weighted by molar-refractivity contribution is 4.83. The number of rotatable bonds is 6. The van der Waals surface area contributed by atoms with Crippen LogP contribution in [-0.2, 0) is 0 Å². The number of hydrogen-bond acceptors (Lipinski definition) is 0. The minimum absolute atomic E-state index is 0.554. The van der Waals surface area contributed by atoms with Crippen LogP contribution in [0.5, 0.6) is 0 Å². The summed E-state index contributed by atoms with van der Waals surface area (Å²) in [5.74, 6) is 2.56. The first kappa shape index (κ1) is 14.0. The fourth-order valence-electron chi connectivity index (χ4n) is 2.74. The van der Waals surface area contributed by atoms with E-state index in [2.05, 4.69) is 48.5 Å². The van der Waals surface area contributed by atoms with Crippen LogP contribution in [0.4, 0.5) is 0 Å². The van der Waals surface area contributed by atoms with Crippen molar-refractivity contribution in [1.29, 1.82) is 0 Å². The van der Waals surface area contributed by atoms with Gasteiger partial charge in [-0.15, -0.1) is 0 Å². The van der Waals surface area contributed by atoms with Crippen molar-refractivity contribution >= 4 is 0 Å². The highest BCUT2D eigenvalue weighted by atomic mass is 14.4. The molecule has 14 heavy (non-hydrogen) atoms. The SMILES string of the molecule is CCC(C(C)C(C)C)C(C)(CC)CC. The molecule has 0 aromatic heterocycles. The molecule has 0 aromatic rings. The van der Waals surface area contributed by atoms with E-state index < -0.39 is 0 Å². The molecule has 2 unspecified atom stereocenters. The van der Waals surface area contributed by atoms with Crippen molar-refractivity contribution in [3.63, 3.8) is 0 Å². The van der Waals surface area contributed by atoms with E-state index in [4.69, 9.17) is 0 Å². The van der Waals surface area contributed by atoms with Crippen LogP contribution in [-0.4, -0.2) is 0 Å². The fraction of sp³-hybridized carbons (Fsp3) is 1.00. The Balaban J connectivity index is 4.68. The van der Waals surface area contributed by atoms with Crippen molar-refractivity contribution in [2.75, 3.05) is 0 Å². The van der Waals surface area contributed by atoms with Crippen molar-refractivity contribution in [2.45, 2.75) is 67.7 Å². The maximum Gasteiger partial charge on any atom is -0.0300 e. The third-order valence-electron chi connectivity index (χ3n) is 4.64. The van der Waals surface area contributed by atoms with Crippen LogP contribution in [0.2, 0.25) is 0 Å². The van der Waals surface area contributed by atoms with Gasteiger partial charge in [-0.2, -0.15) is 0 Å². The Morgan fingerprint density at radius 2 is 1.36 bits per heavy atom. The Kier molecular flexibility index (Phi) is 5.78. The molecule has 0 saturated heterocycles. The molecule has 0 N–H and O–H groups in total. The predicted octanol–water partition coefficient (Wildman–Crippen LogP) is 5.13. The van der Waals surface area contributed by atoms with Crippen molar-refractivity contribution in [3.05, 3.63) is 0 Å². The maximum atomic E-state index is 2.47. The molecule has 0 spiro atoms. The molecule has 0 heteroatoms. The minimum atomic E-state index is 0.554. The molecule has 0 aromatic carbocycles. The zero-order chi connectivity index (χ0) is 11.4. The van der Waals surface area contributed by atoms with Gasteiger partial charge >= 0.3 is 0 Å². The standard InChI is InChI=1S/C14H30/c1-8-13(12(6)11(4)5)14(7,9-2)10-3/h11-13H,8-10H2,1-7H3. The molecule has 0 radical (unpaired) electrons. The quantitative estimate of drug-likeness (QED) is 0.555. The van der Waals surface area contributed by atoms with E-state index in [-0.39, 0.29) is 0 Å². The first-order valence-electron chi connectivity index (χ1n) is 6.42.